The van der Waals surface area contributed by atoms with Crippen molar-refractivity contribution in [1.29, 1.82) is 0 Å². The highest BCUT2D eigenvalue weighted by atomic mass is 15.2. The largest absolute Gasteiger partial charge is 0.310 e. The quantitative estimate of drug-likeness (QED) is 0.853. The van der Waals surface area contributed by atoms with E-state index in [9.17, 15) is 0 Å². The fourth-order valence-electron chi connectivity index (χ4n) is 6.94. The first-order valence-corrected chi connectivity index (χ1v) is 9.70. The molecule has 1 heterocycles. The third-order valence-electron chi connectivity index (χ3n) is 7.79. The van der Waals surface area contributed by atoms with Crippen molar-refractivity contribution in [2.45, 2.75) is 82.8 Å². The van der Waals surface area contributed by atoms with Gasteiger partial charge in [-0.25, -0.2) is 0 Å². The van der Waals surface area contributed by atoms with Gasteiger partial charge in [0.1, 0.15) is 0 Å². The van der Waals surface area contributed by atoms with Crippen LogP contribution in [0, 0.1) is 23.2 Å². The van der Waals surface area contributed by atoms with Crippen molar-refractivity contribution in [2.75, 3.05) is 13.1 Å². The number of rotatable bonds is 4. The maximum atomic E-state index is 3.87. The summed E-state index contributed by atoms with van der Waals surface area (Å²) in [5, 5.41) is 3.87. The first-order valence-electron chi connectivity index (χ1n) is 9.70. The molecule has 6 rings (SSSR count). The van der Waals surface area contributed by atoms with Crippen molar-refractivity contribution < 1.29 is 0 Å². The average Bonchev–Trinajstić information content (AvgIpc) is 3.12. The molecule has 2 nitrogen and oxygen atoms in total. The average molecular weight is 288 g/mol. The highest BCUT2D eigenvalue weighted by molar-refractivity contribution is 5.06. The van der Waals surface area contributed by atoms with Crippen LogP contribution < -0.4 is 5.32 Å². The molecule has 1 aliphatic heterocycles. The van der Waals surface area contributed by atoms with Crippen molar-refractivity contribution in [2.24, 2.45) is 23.2 Å². The molecule has 0 radical (unpaired) electrons. The minimum absolute atomic E-state index is 0.712. The molecular weight excluding hydrogens is 256 g/mol. The molecule has 1 saturated heterocycles. The second-order valence-electron chi connectivity index (χ2n) is 9.38. The number of nitrogens with one attached hydrogen (secondary N) is 1. The summed E-state index contributed by atoms with van der Waals surface area (Å²) in [6, 6.07) is 2.52. The minimum Gasteiger partial charge on any atom is -0.310 e. The summed E-state index contributed by atoms with van der Waals surface area (Å²) in [6.45, 7) is 5.28. The van der Waals surface area contributed by atoms with E-state index < -0.39 is 0 Å². The normalized spacial score (nSPS) is 50.7. The Bertz CT molecular complexity index is 379. The van der Waals surface area contributed by atoms with E-state index in [4.69, 9.17) is 0 Å². The zero-order valence-electron chi connectivity index (χ0n) is 13.7. The van der Waals surface area contributed by atoms with Gasteiger partial charge in [-0.2, -0.15) is 0 Å². The van der Waals surface area contributed by atoms with Gasteiger partial charge in [-0.15, -0.1) is 0 Å². The van der Waals surface area contributed by atoms with E-state index in [2.05, 4.69) is 17.1 Å². The summed E-state index contributed by atoms with van der Waals surface area (Å²) in [7, 11) is 0. The second-order valence-corrected chi connectivity index (χ2v) is 9.38. The fraction of sp³-hybridized carbons (Fsp3) is 1.00. The highest BCUT2D eigenvalue weighted by Crippen LogP contribution is 2.62. The van der Waals surface area contributed by atoms with Crippen molar-refractivity contribution in [3.8, 4) is 0 Å². The van der Waals surface area contributed by atoms with E-state index in [1.807, 2.05) is 0 Å². The minimum atomic E-state index is 0.712. The summed E-state index contributed by atoms with van der Waals surface area (Å²) in [6.07, 6.45) is 13.7. The Labute approximate surface area is 130 Å². The van der Waals surface area contributed by atoms with Crippen LogP contribution in [0.4, 0.5) is 0 Å². The predicted molar refractivity (Wildman–Crippen MR) is 86.2 cm³/mol. The molecule has 0 amide bonds. The lowest BCUT2D eigenvalue weighted by Gasteiger charge is -2.60. The van der Waals surface area contributed by atoms with Gasteiger partial charge in [0.2, 0.25) is 0 Å². The Morgan fingerprint density at radius 1 is 0.905 bits per heavy atom. The number of likely N-dealkylation sites (tertiary alicyclic amines) is 1. The van der Waals surface area contributed by atoms with E-state index >= 15 is 0 Å². The van der Waals surface area contributed by atoms with Crippen LogP contribution in [0.5, 0.6) is 0 Å². The van der Waals surface area contributed by atoms with Crippen LogP contribution in [-0.2, 0) is 0 Å². The SMILES string of the molecule is CC(N1CCC(NC2CC2)C1)C12CC3CC(CC(C3)C1)C2. The molecule has 1 N–H and O–H groups in total. The van der Waals surface area contributed by atoms with Crippen LogP contribution >= 0.6 is 0 Å². The van der Waals surface area contributed by atoms with Crippen LogP contribution in [0.2, 0.25) is 0 Å². The van der Waals surface area contributed by atoms with Gasteiger partial charge in [0, 0.05) is 31.2 Å². The molecule has 4 bridgehead atoms. The van der Waals surface area contributed by atoms with Gasteiger partial charge < -0.3 is 5.32 Å². The summed E-state index contributed by atoms with van der Waals surface area (Å²) in [4.78, 5) is 2.87. The molecule has 0 spiro atoms. The van der Waals surface area contributed by atoms with E-state index in [0.717, 1.165) is 35.9 Å². The Morgan fingerprint density at radius 2 is 1.52 bits per heavy atom. The van der Waals surface area contributed by atoms with Crippen LogP contribution in [-0.4, -0.2) is 36.1 Å². The van der Waals surface area contributed by atoms with Gasteiger partial charge in [-0.05, 0) is 87.9 Å². The van der Waals surface area contributed by atoms with E-state index in [-0.39, 0.29) is 0 Å². The van der Waals surface area contributed by atoms with E-state index in [0.29, 0.717) is 5.41 Å². The molecule has 0 aromatic carbocycles. The van der Waals surface area contributed by atoms with Crippen LogP contribution in [0.1, 0.15) is 64.7 Å². The lowest BCUT2D eigenvalue weighted by molar-refractivity contribution is -0.0932. The number of hydrogen-bond donors (Lipinski definition) is 1. The van der Waals surface area contributed by atoms with Crippen LogP contribution in [0.3, 0.4) is 0 Å². The molecule has 118 valence electrons. The van der Waals surface area contributed by atoms with E-state index in [1.54, 1.807) is 38.5 Å². The molecule has 5 aliphatic carbocycles. The summed E-state index contributed by atoms with van der Waals surface area (Å²) in [5.41, 5.74) is 0.712. The van der Waals surface area contributed by atoms with Crippen molar-refractivity contribution in [3.05, 3.63) is 0 Å². The van der Waals surface area contributed by atoms with Gasteiger partial charge in [-0.1, -0.05) is 0 Å². The fourth-order valence-corrected chi connectivity index (χ4v) is 6.94. The van der Waals surface area contributed by atoms with Crippen molar-refractivity contribution in [3.63, 3.8) is 0 Å². The third kappa shape index (κ3) is 2.28. The topological polar surface area (TPSA) is 15.3 Å². The van der Waals surface area contributed by atoms with E-state index in [1.165, 1.54) is 32.4 Å². The molecule has 0 aromatic heterocycles. The molecule has 2 atom stereocenters. The second kappa shape index (κ2) is 4.71. The Balaban J connectivity index is 1.29. The molecule has 5 saturated carbocycles. The van der Waals surface area contributed by atoms with Gasteiger partial charge in [0.25, 0.3) is 0 Å². The summed E-state index contributed by atoms with van der Waals surface area (Å²) >= 11 is 0. The lowest BCUT2D eigenvalue weighted by Crippen LogP contribution is -2.55. The molecule has 2 heteroatoms. The van der Waals surface area contributed by atoms with Crippen LogP contribution in [0.25, 0.3) is 0 Å². The molecule has 0 aromatic rings. The highest BCUT2D eigenvalue weighted by Gasteiger charge is 2.54. The molecule has 6 aliphatic rings. The molecular formula is C19H32N2. The Morgan fingerprint density at radius 3 is 2.10 bits per heavy atom. The standard InChI is InChI=1S/C19H32N2/c1-13(21-5-4-18(12-21)20-17-2-3-17)19-9-14-6-15(10-19)8-16(7-14)11-19/h13-18,20H,2-12H2,1H3. The van der Waals surface area contributed by atoms with Crippen molar-refractivity contribution in [1.82, 2.24) is 10.2 Å². The number of nitrogens with zero attached hydrogens (tertiary/aromatic N) is 1. The first-order chi connectivity index (χ1) is 10.2. The Kier molecular flexibility index (Phi) is 3.00. The molecule has 6 fully saturated rings. The van der Waals surface area contributed by atoms with Crippen molar-refractivity contribution >= 4 is 0 Å². The van der Waals surface area contributed by atoms with Gasteiger partial charge in [0.05, 0.1) is 0 Å². The maximum Gasteiger partial charge on any atom is 0.0209 e. The predicted octanol–water partition coefficient (Wildman–Crippen LogP) is 3.42. The lowest BCUT2D eigenvalue weighted by atomic mass is 9.47. The summed E-state index contributed by atoms with van der Waals surface area (Å²) in [5.74, 6) is 3.30. The summed E-state index contributed by atoms with van der Waals surface area (Å²) < 4.78 is 0. The first kappa shape index (κ1) is 13.4. The Hall–Kier alpha value is -0.0800. The van der Waals surface area contributed by atoms with Gasteiger partial charge in [0.15, 0.2) is 0 Å². The van der Waals surface area contributed by atoms with Gasteiger partial charge in [-0.3, -0.25) is 4.90 Å². The van der Waals surface area contributed by atoms with Gasteiger partial charge >= 0.3 is 0 Å². The zero-order chi connectivity index (χ0) is 14.0. The smallest absolute Gasteiger partial charge is 0.0209 e. The van der Waals surface area contributed by atoms with Crippen LogP contribution in [0.15, 0.2) is 0 Å². The molecule has 2 unspecified atom stereocenters. The third-order valence-corrected chi connectivity index (χ3v) is 7.79. The number of hydrogen-bond acceptors (Lipinski definition) is 2. The maximum absolute atomic E-state index is 3.87. The monoisotopic (exact) mass is 288 g/mol. The zero-order valence-corrected chi connectivity index (χ0v) is 13.7. The molecule has 21 heavy (non-hydrogen) atoms.